The zero-order valence-corrected chi connectivity index (χ0v) is 10.3. The minimum Gasteiger partial charge on any atom is -0.316 e. The fourth-order valence-electron chi connectivity index (χ4n) is 2.40. The Morgan fingerprint density at radius 3 is 3.00 bits per heavy atom. The summed E-state index contributed by atoms with van der Waals surface area (Å²) in [4.78, 5) is 4.03. The summed E-state index contributed by atoms with van der Waals surface area (Å²) in [7, 11) is 0. The lowest BCUT2D eigenvalue weighted by Gasteiger charge is -2.10. The number of aromatic nitrogens is 4. The maximum atomic E-state index is 4.25. The van der Waals surface area contributed by atoms with Crippen molar-refractivity contribution in [2.24, 2.45) is 5.92 Å². The number of nitrogens with one attached hydrogen (secondary N) is 1. The third-order valence-electron chi connectivity index (χ3n) is 3.43. The van der Waals surface area contributed by atoms with Gasteiger partial charge in [0.2, 0.25) is 0 Å². The predicted molar refractivity (Wildman–Crippen MR) is 68.0 cm³/mol. The van der Waals surface area contributed by atoms with E-state index in [9.17, 15) is 0 Å². The average Bonchev–Trinajstić information content (AvgIpc) is 3.04. The summed E-state index contributed by atoms with van der Waals surface area (Å²) in [6.45, 7) is 3.05. The molecule has 0 aliphatic carbocycles. The van der Waals surface area contributed by atoms with E-state index in [1.165, 1.54) is 12.0 Å². The van der Waals surface area contributed by atoms with Gasteiger partial charge in [-0.25, -0.2) is 0 Å². The van der Waals surface area contributed by atoms with Crippen molar-refractivity contribution in [1.82, 2.24) is 25.1 Å². The fraction of sp³-hybridized carbons (Fsp3) is 0.462. The molecular weight excluding hydrogens is 226 g/mol. The quantitative estimate of drug-likeness (QED) is 0.866. The summed E-state index contributed by atoms with van der Waals surface area (Å²) < 4.78 is 2.13. The van der Waals surface area contributed by atoms with E-state index in [1.54, 1.807) is 0 Å². The number of rotatable bonds is 4. The molecule has 0 spiro atoms. The highest BCUT2D eigenvalue weighted by Crippen LogP contribution is 2.14. The van der Waals surface area contributed by atoms with Crippen LogP contribution in [0.1, 0.15) is 17.8 Å². The molecule has 0 aromatic carbocycles. The maximum absolute atomic E-state index is 4.25. The minimum absolute atomic E-state index is 0.699. The maximum Gasteiger partial charge on any atom is 0.133 e. The van der Waals surface area contributed by atoms with Crippen molar-refractivity contribution in [2.75, 3.05) is 13.1 Å². The number of hydrogen-bond donors (Lipinski definition) is 1. The van der Waals surface area contributed by atoms with E-state index in [0.717, 1.165) is 31.9 Å². The smallest absolute Gasteiger partial charge is 0.133 e. The van der Waals surface area contributed by atoms with Crippen molar-refractivity contribution in [1.29, 1.82) is 0 Å². The van der Waals surface area contributed by atoms with Gasteiger partial charge in [-0.05, 0) is 43.1 Å². The van der Waals surface area contributed by atoms with Gasteiger partial charge in [0.05, 0.1) is 6.54 Å². The van der Waals surface area contributed by atoms with Crippen LogP contribution >= 0.6 is 0 Å². The molecule has 0 bridgehead atoms. The first-order valence-electron chi connectivity index (χ1n) is 6.38. The van der Waals surface area contributed by atoms with Crippen molar-refractivity contribution in [3.05, 3.63) is 42.2 Å². The summed E-state index contributed by atoms with van der Waals surface area (Å²) in [6.07, 6.45) is 7.71. The number of nitrogens with zero attached hydrogens (tertiary/aromatic N) is 4. The Bertz CT molecular complexity index is 487. The van der Waals surface area contributed by atoms with Crippen LogP contribution in [0.5, 0.6) is 0 Å². The molecule has 1 unspecified atom stereocenters. The molecule has 5 nitrogen and oxygen atoms in total. The van der Waals surface area contributed by atoms with Crippen LogP contribution in [0, 0.1) is 5.92 Å². The van der Waals surface area contributed by atoms with Crippen LogP contribution in [0.4, 0.5) is 0 Å². The molecule has 1 saturated heterocycles. The molecule has 1 atom stereocenters. The average molecular weight is 243 g/mol. The van der Waals surface area contributed by atoms with E-state index in [2.05, 4.69) is 25.1 Å². The van der Waals surface area contributed by atoms with E-state index in [4.69, 9.17) is 0 Å². The fourth-order valence-corrected chi connectivity index (χ4v) is 2.40. The molecule has 1 aliphatic heterocycles. The highest BCUT2D eigenvalue weighted by Gasteiger charge is 2.17. The van der Waals surface area contributed by atoms with Gasteiger partial charge in [-0.2, -0.15) is 0 Å². The van der Waals surface area contributed by atoms with E-state index in [-0.39, 0.29) is 0 Å². The van der Waals surface area contributed by atoms with Gasteiger partial charge in [-0.3, -0.25) is 4.98 Å². The van der Waals surface area contributed by atoms with Crippen molar-refractivity contribution in [2.45, 2.75) is 19.4 Å². The standard InChI is InChI=1S/C13H17N5/c1-4-14-5-2-11(1)9-18-10-16-17-13(18)7-12-3-6-15-8-12/h1-2,4-5,10,12,15H,3,6-9H2. The molecule has 94 valence electrons. The molecule has 1 fully saturated rings. The second-order valence-electron chi connectivity index (χ2n) is 4.79. The molecule has 0 radical (unpaired) electrons. The van der Waals surface area contributed by atoms with Crippen molar-refractivity contribution in [3.63, 3.8) is 0 Å². The van der Waals surface area contributed by atoms with Crippen molar-refractivity contribution in [3.8, 4) is 0 Å². The van der Waals surface area contributed by atoms with Gasteiger partial charge in [0.15, 0.2) is 0 Å². The van der Waals surface area contributed by atoms with Crippen LogP contribution < -0.4 is 5.32 Å². The Balaban J connectivity index is 1.71. The summed E-state index contributed by atoms with van der Waals surface area (Å²) >= 11 is 0. The summed E-state index contributed by atoms with van der Waals surface area (Å²) in [5.74, 6) is 1.78. The van der Waals surface area contributed by atoms with Crippen molar-refractivity contribution >= 4 is 0 Å². The highest BCUT2D eigenvalue weighted by molar-refractivity contribution is 5.11. The molecule has 2 aromatic heterocycles. The third kappa shape index (κ3) is 2.56. The van der Waals surface area contributed by atoms with Crippen LogP contribution in [0.2, 0.25) is 0 Å². The number of pyridine rings is 1. The Morgan fingerprint density at radius 2 is 2.22 bits per heavy atom. The lowest BCUT2D eigenvalue weighted by atomic mass is 10.0. The summed E-state index contributed by atoms with van der Waals surface area (Å²) in [5.41, 5.74) is 1.23. The Kier molecular flexibility index (Phi) is 3.32. The largest absolute Gasteiger partial charge is 0.316 e. The molecule has 3 rings (SSSR count). The van der Waals surface area contributed by atoms with Gasteiger partial charge >= 0.3 is 0 Å². The van der Waals surface area contributed by atoms with E-state index >= 15 is 0 Å². The monoisotopic (exact) mass is 243 g/mol. The van der Waals surface area contributed by atoms with Crippen molar-refractivity contribution < 1.29 is 0 Å². The minimum atomic E-state index is 0.699. The lowest BCUT2D eigenvalue weighted by molar-refractivity contribution is 0.542. The van der Waals surface area contributed by atoms with Crippen LogP contribution in [0.25, 0.3) is 0 Å². The zero-order chi connectivity index (χ0) is 12.2. The zero-order valence-electron chi connectivity index (χ0n) is 10.3. The lowest BCUT2D eigenvalue weighted by Crippen LogP contribution is -2.14. The predicted octanol–water partition coefficient (Wildman–Crippen LogP) is 0.873. The molecule has 2 aromatic rings. The van der Waals surface area contributed by atoms with Gasteiger partial charge in [0.1, 0.15) is 12.2 Å². The molecule has 1 N–H and O–H groups in total. The van der Waals surface area contributed by atoms with Gasteiger partial charge in [-0.15, -0.1) is 10.2 Å². The van der Waals surface area contributed by atoms with E-state index < -0.39 is 0 Å². The van der Waals surface area contributed by atoms with Gasteiger partial charge < -0.3 is 9.88 Å². The topological polar surface area (TPSA) is 55.6 Å². The summed E-state index contributed by atoms with van der Waals surface area (Å²) in [5, 5.41) is 11.7. The summed E-state index contributed by atoms with van der Waals surface area (Å²) in [6, 6.07) is 4.06. The van der Waals surface area contributed by atoms with Crippen LogP contribution in [-0.2, 0) is 13.0 Å². The van der Waals surface area contributed by atoms with Gasteiger partial charge in [0.25, 0.3) is 0 Å². The SMILES string of the molecule is c1cc(Cn2cnnc2CC2CCNC2)ccn1. The molecule has 0 saturated carbocycles. The number of hydrogen-bond acceptors (Lipinski definition) is 4. The first kappa shape index (κ1) is 11.3. The highest BCUT2D eigenvalue weighted by atomic mass is 15.3. The third-order valence-corrected chi connectivity index (χ3v) is 3.43. The first-order valence-corrected chi connectivity index (χ1v) is 6.38. The Morgan fingerprint density at radius 1 is 1.33 bits per heavy atom. The second-order valence-corrected chi connectivity index (χ2v) is 4.79. The normalized spacial score (nSPS) is 19.2. The first-order chi connectivity index (χ1) is 8.92. The molecule has 0 amide bonds. The molecule has 5 heteroatoms. The molecule has 3 heterocycles. The Labute approximate surface area is 106 Å². The van der Waals surface area contributed by atoms with Gasteiger partial charge in [-0.1, -0.05) is 0 Å². The molecule has 1 aliphatic rings. The Hall–Kier alpha value is -1.75. The van der Waals surface area contributed by atoms with E-state index in [1.807, 2.05) is 30.9 Å². The van der Waals surface area contributed by atoms with Gasteiger partial charge in [0, 0.05) is 18.8 Å². The molecule has 18 heavy (non-hydrogen) atoms. The van der Waals surface area contributed by atoms with Crippen LogP contribution in [-0.4, -0.2) is 32.8 Å². The second kappa shape index (κ2) is 5.27. The van der Waals surface area contributed by atoms with Crippen LogP contribution in [0.15, 0.2) is 30.9 Å². The van der Waals surface area contributed by atoms with Crippen LogP contribution in [0.3, 0.4) is 0 Å². The van der Waals surface area contributed by atoms with E-state index in [0.29, 0.717) is 5.92 Å². The molecular formula is C13H17N5.